The summed E-state index contributed by atoms with van der Waals surface area (Å²) in [5.74, 6) is -0.536. The Labute approximate surface area is 172 Å². The molecule has 3 N–H and O–H groups in total. The van der Waals surface area contributed by atoms with Crippen LogP contribution in [-0.4, -0.2) is 38.3 Å². The molecular weight excluding hydrogens is 393 g/mol. The normalized spacial score (nSPS) is 12.7. The molecule has 0 aliphatic rings. The number of quaternary nitrogens is 1. The highest BCUT2D eigenvalue weighted by molar-refractivity contribution is 7.89. The van der Waals surface area contributed by atoms with Gasteiger partial charge in [0, 0.05) is 30.8 Å². The van der Waals surface area contributed by atoms with E-state index >= 15 is 0 Å². The van der Waals surface area contributed by atoms with Gasteiger partial charge in [0.1, 0.15) is 11.9 Å². The number of rotatable bonds is 10. The van der Waals surface area contributed by atoms with Crippen molar-refractivity contribution in [2.24, 2.45) is 0 Å². The first kappa shape index (κ1) is 23.0. The lowest BCUT2D eigenvalue weighted by molar-refractivity contribution is -0.682. The molecule has 6 nitrogen and oxygen atoms in total. The van der Waals surface area contributed by atoms with Gasteiger partial charge in [-0.1, -0.05) is 44.2 Å². The molecule has 0 saturated heterocycles. The third-order valence-electron chi connectivity index (χ3n) is 4.84. The molecule has 8 heteroatoms. The fourth-order valence-electron chi connectivity index (χ4n) is 2.98. The van der Waals surface area contributed by atoms with Gasteiger partial charge in [0.25, 0.3) is 5.91 Å². The number of nitrogens with two attached hydrogens (primary N) is 1. The molecule has 2 aromatic rings. The summed E-state index contributed by atoms with van der Waals surface area (Å²) in [5.41, 5.74) is 1.37. The van der Waals surface area contributed by atoms with Crippen LogP contribution in [0, 0.1) is 5.82 Å². The molecule has 0 heterocycles. The molecule has 0 radical (unpaired) electrons. The van der Waals surface area contributed by atoms with Gasteiger partial charge < -0.3 is 10.6 Å². The Bertz CT molecular complexity index is 913. The van der Waals surface area contributed by atoms with Gasteiger partial charge in [-0.15, -0.1) is 0 Å². The van der Waals surface area contributed by atoms with E-state index in [9.17, 15) is 17.6 Å². The third-order valence-corrected chi connectivity index (χ3v) is 6.90. The fraction of sp³-hybridized carbons (Fsp3) is 0.381. The van der Waals surface area contributed by atoms with Gasteiger partial charge in [0.05, 0.1) is 4.90 Å². The summed E-state index contributed by atoms with van der Waals surface area (Å²) in [6.45, 7) is 6.74. The lowest BCUT2D eigenvalue weighted by atomic mass is 10.1. The van der Waals surface area contributed by atoms with Crippen LogP contribution in [0.3, 0.4) is 0 Å². The van der Waals surface area contributed by atoms with Gasteiger partial charge in [-0.25, -0.2) is 12.8 Å². The Morgan fingerprint density at radius 1 is 1.10 bits per heavy atom. The lowest BCUT2D eigenvalue weighted by Gasteiger charge is -2.19. The molecule has 0 aromatic heterocycles. The van der Waals surface area contributed by atoms with E-state index in [1.54, 1.807) is 42.5 Å². The largest absolute Gasteiger partial charge is 0.347 e. The van der Waals surface area contributed by atoms with Crippen molar-refractivity contribution in [1.82, 2.24) is 9.62 Å². The summed E-state index contributed by atoms with van der Waals surface area (Å²) >= 11 is 0. The van der Waals surface area contributed by atoms with Crippen molar-refractivity contribution in [2.45, 2.75) is 38.3 Å². The van der Waals surface area contributed by atoms with E-state index in [1.165, 1.54) is 10.4 Å². The van der Waals surface area contributed by atoms with Crippen LogP contribution in [0.15, 0.2) is 53.4 Å². The van der Waals surface area contributed by atoms with E-state index in [0.29, 0.717) is 18.7 Å². The van der Waals surface area contributed by atoms with Crippen molar-refractivity contribution in [2.75, 3.05) is 19.6 Å². The van der Waals surface area contributed by atoms with E-state index in [4.69, 9.17) is 0 Å². The maximum absolute atomic E-state index is 13.6. The van der Waals surface area contributed by atoms with Gasteiger partial charge in [-0.3, -0.25) is 4.79 Å². The molecule has 0 aliphatic heterocycles. The zero-order valence-corrected chi connectivity index (χ0v) is 17.9. The Morgan fingerprint density at radius 3 is 2.31 bits per heavy atom. The first-order valence-corrected chi connectivity index (χ1v) is 11.2. The lowest BCUT2D eigenvalue weighted by Crippen LogP contribution is -2.87. The number of nitrogens with one attached hydrogen (secondary N) is 1. The molecule has 2 aromatic carbocycles. The molecule has 158 valence electrons. The van der Waals surface area contributed by atoms with Crippen LogP contribution in [0.25, 0.3) is 0 Å². The van der Waals surface area contributed by atoms with E-state index in [-0.39, 0.29) is 35.8 Å². The summed E-state index contributed by atoms with van der Waals surface area (Å²) in [5, 5.41) is 4.56. The van der Waals surface area contributed by atoms with Crippen LogP contribution in [0.2, 0.25) is 0 Å². The van der Waals surface area contributed by atoms with Crippen molar-refractivity contribution in [3.63, 3.8) is 0 Å². The summed E-state index contributed by atoms with van der Waals surface area (Å²) in [4.78, 5) is 12.3. The maximum atomic E-state index is 13.6. The van der Waals surface area contributed by atoms with E-state index in [0.717, 1.165) is 5.56 Å². The number of hydrogen-bond donors (Lipinski definition) is 2. The fourth-order valence-corrected chi connectivity index (χ4v) is 4.44. The first-order valence-electron chi connectivity index (χ1n) is 9.73. The van der Waals surface area contributed by atoms with E-state index in [1.807, 2.05) is 26.1 Å². The van der Waals surface area contributed by atoms with E-state index in [2.05, 4.69) is 5.32 Å². The first-order chi connectivity index (χ1) is 13.8. The smallest absolute Gasteiger partial charge is 0.275 e. The van der Waals surface area contributed by atoms with Gasteiger partial charge in [0.2, 0.25) is 10.0 Å². The Balaban J connectivity index is 1.90. The molecule has 0 spiro atoms. The minimum Gasteiger partial charge on any atom is -0.347 e. The van der Waals surface area contributed by atoms with Gasteiger partial charge in [-0.05, 0) is 25.1 Å². The van der Waals surface area contributed by atoms with Crippen LogP contribution in [0.4, 0.5) is 4.39 Å². The second kappa shape index (κ2) is 10.5. The van der Waals surface area contributed by atoms with Gasteiger partial charge in [0.15, 0.2) is 6.54 Å². The van der Waals surface area contributed by atoms with Crippen LogP contribution in [-0.2, 0) is 21.4 Å². The molecule has 2 rings (SSSR count). The van der Waals surface area contributed by atoms with Crippen LogP contribution in [0.5, 0.6) is 0 Å². The van der Waals surface area contributed by atoms with Crippen LogP contribution >= 0.6 is 0 Å². The molecule has 0 aliphatic carbocycles. The maximum Gasteiger partial charge on any atom is 0.275 e. The quantitative estimate of drug-likeness (QED) is 0.612. The monoisotopic (exact) mass is 422 g/mol. The number of sulfonamides is 1. The average molecular weight is 423 g/mol. The predicted octanol–water partition coefficient (Wildman–Crippen LogP) is 1.80. The van der Waals surface area contributed by atoms with Crippen LogP contribution in [0.1, 0.15) is 37.9 Å². The summed E-state index contributed by atoms with van der Waals surface area (Å²) < 4.78 is 40.1. The molecule has 1 atom stereocenters. The molecule has 0 bridgehead atoms. The Hall–Kier alpha value is -2.29. The highest BCUT2D eigenvalue weighted by atomic mass is 32.2. The number of carbonyl (C=O) groups excluding carboxylic acids is 1. The minimum atomic E-state index is -3.48. The summed E-state index contributed by atoms with van der Waals surface area (Å²) in [7, 11) is -3.48. The van der Waals surface area contributed by atoms with Crippen molar-refractivity contribution in [3.8, 4) is 0 Å². The number of benzene rings is 2. The zero-order chi connectivity index (χ0) is 21.4. The number of nitrogens with zero attached hydrogens (tertiary/aromatic N) is 1. The summed E-state index contributed by atoms with van der Waals surface area (Å²) in [6.07, 6.45) is 0. The van der Waals surface area contributed by atoms with Crippen molar-refractivity contribution < 1.29 is 22.9 Å². The number of amides is 1. The topological polar surface area (TPSA) is 83.1 Å². The summed E-state index contributed by atoms with van der Waals surface area (Å²) in [6, 6.07) is 13.0. The van der Waals surface area contributed by atoms with Crippen molar-refractivity contribution in [1.29, 1.82) is 0 Å². The number of hydrogen-bond acceptors (Lipinski definition) is 3. The molecule has 0 fully saturated rings. The molecule has 0 unspecified atom stereocenters. The second-order valence-corrected chi connectivity index (χ2v) is 8.69. The predicted molar refractivity (Wildman–Crippen MR) is 110 cm³/mol. The SMILES string of the molecule is CCN(CC)S(=O)(=O)c1ccc([C@H](C)[NH2+]CC(=O)NCc2ccccc2F)cc1. The third kappa shape index (κ3) is 6.09. The Kier molecular flexibility index (Phi) is 8.31. The molecule has 29 heavy (non-hydrogen) atoms. The highest BCUT2D eigenvalue weighted by Crippen LogP contribution is 2.18. The molecule has 1 amide bonds. The van der Waals surface area contributed by atoms with E-state index < -0.39 is 10.0 Å². The standard InChI is InChI=1S/C21H28FN3O3S/c1-4-25(5-2)29(27,28)19-12-10-17(11-13-19)16(3)23-15-21(26)24-14-18-8-6-7-9-20(18)22/h6-13,16,23H,4-5,14-15H2,1-3H3,(H,24,26)/p+1/t16-/m0/s1. The van der Waals surface area contributed by atoms with Crippen LogP contribution < -0.4 is 10.6 Å². The highest BCUT2D eigenvalue weighted by Gasteiger charge is 2.22. The number of halogens is 1. The zero-order valence-electron chi connectivity index (χ0n) is 17.1. The second-order valence-electron chi connectivity index (χ2n) is 6.76. The number of carbonyl (C=O) groups is 1. The van der Waals surface area contributed by atoms with Gasteiger partial charge in [-0.2, -0.15) is 4.31 Å². The molecular formula is C21H29FN3O3S+. The average Bonchev–Trinajstić information content (AvgIpc) is 2.72. The molecule has 0 saturated carbocycles. The minimum absolute atomic E-state index is 0.0283. The van der Waals surface area contributed by atoms with Crippen molar-refractivity contribution in [3.05, 3.63) is 65.5 Å². The Morgan fingerprint density at radius 2 is 1.72 bits per heavy atom. The van der Waals surface area contributed by atoms with Crippen molar-refractivity contribution >= 4 is 15.9 Å². The van der Waals surface area contributed by atoms with Gasteiger partial charge >= 0.3 is 0 Å².